The molecule has 0 rings (SSSR count). The maximum Gasteiger partial charge on any atom is 0.291 e. The van der Waals surface area contributed by atoms with Crippen LogP contribution < -0.4 is 5.73 Å². The minimum atomic E-state index is -1.06. The Kier molecular flexibility index (Phi) is 4.23. The van der Waals surface area contributed by atoms with E-state index in [1.165, 1.54) is 0 Å². The van der Waals surface area contributed by atoms with Crippen LogP contribution in [0.3, 0.4) is 0 Å². The van der Waals surface area contributed by atoms with Crippen LogP contribution in [0.1, 0.15) is 0 Å². The van der Waals surface area contributed by atoms with Crippen LogP contribution in [0.25, 0.3) is 0 Å². The summed E-state index contributed by atoms with van der Waals surface area (Å²) in [7, 11) is 0. The van der Waals surface area contributed by atoms with E-state index in [1.54, 1.807) is 0 Å². The third kappa shape index (κ3) is 3.41. The minimum Gasteiger partial charge on any atom is -0.394 e. The van der Waals surface area contributed by atoms with Crippen LogP contribution >= 0.6 is 0 Å². The lowest BCUT2D eigenvalue weighted by molar-refractivity contribution is -0.485. The van der Waals surface area contributed by atoms with Crippen molar-refractivity contribution in [3.63, 3.8) is 0 Å². The summed E-state index contributed by atoms with van der Waals surface area (Å²) >= 11 is 0. The van der Waals surface area contributed by atoms with Gasteiger partial charge in [-0.05, 0) is 0 Å². The van der Waals surface area contributed by atoms with E-state index in [2.05, 4.69) is 10.4 Å². The Bertz CT molecular complexity index is 203. The zero-order valence-corrected chi connectivity index (χ0v) is 5.95. The molecule has 0 heterocycles. The molecule has 0 bridgehead atoms. The molecule has 0 saturated heterocycles. The summed E-state index contributed by atoms with van der Waals surface area (Å²) in [5, 5.41) is 22.4. The molecule has 0 radical (unpaired) electrons. The van der Waals surface area contributed by atoms with Crippen molar-refractivity contribution in [3.8, 4) is 0 Å². The van der Waals surface area contributed by atoms with Crippen LogP contribution in [-0.4, -0.2) is 34.3 Å². The van der Waals surface area contributed by atoms with Gasteiger partial charge >= 0.3 is 0 Å². The predicted octanol–water partition coefficient (Wildman–Crippen LogP) is -1.53. The Hall–Kier alpha value is -1.77. The molecule has 3 N–H and O–H groups in total. The second-order valence-electron chi connectivity index (χ2n) is 1.62. The zero-order chi connectivity index (χ0) is 9.56. The highest BCUT2D eigenvalue weighted by molar-refractivity contribution is 5.76. The van der Waals surface area contributed by atoms with E-state index in [4.69, 9.17) is 10.8 Å². The molecule has 9 nitrogen and oxygen atoms in total. The largest absolute Gasteiger partial charge is 0.394 e. The maximum absolute atomic E-state index is 9.90. The highest BCUT2D eigenvalue weighted by Gasteiger charge is 2.10. The lowest BCUT2D eigenvalue weighted by Crippen LogP contribution is -2.35. The molecule has 0 aromatic rings. The first-order valence-corrected chi connectivity index (χ1v) is 2.82. The molecular weight excluding hydrogens is 170 g/mol. The number of hydrogen-bond acceptors (Lipinski definition) is 5. The lowest BCUT2D eigenvalue weighted by atomic mass is 10.6. The number of nitroso groups, excluding NO2 is 1. The molecule has 0 unspecified atom stereocenters. The number of hydrogen-bond donors (Lipinski definition) is 2. The number of aliphatic hydroxyl groups excluding tert-OH is 1. The number of nitro groups is 1. The summed E-state index contributed by atoms with van der Waals surface area (Å²) in [5.74, 6) is -0.663. The molecule has 68 valence electrons. The molecule has 0 aromatic carbocycles. The molecule has 12 heavy (non-hydrogen) atoms. The second kappa shape index (κ2) is 4.96. The topological polar surface area (TPSA) is 134 Å². The number of hydrazone groups is 1. The Morgan fingerprint density at radius 2 is 2.33 bits per heavy atom. The van der Waals surface area contributed by atoms with Gasteiger partial charge in [0.1, 0.15) is 5.10 Å². The lowest BCUT2D eigenvalue weighted by Gasteiger charge is -2.08. The van der Waals surface area contributed by atoms with Gasteiger partial charge < -0.3 is 10.8 Å². The van der Waals surface area contributed by atoms with Gasteiger partial charge in [0.15, 0.2) is 5.03 Å². The fourth-order valence-electron chi connectivity index (χ4n) is 0.427. The van der Waals surface area contributed by atoms with E-state index in [0.29, 0.717) is 5.01 Å². The van der Waals surface area contributed by atoms with Gasteiger partial charge in [-0.1, -0.05) is 0 Å². The molecule has 0 aliphatic rings. The standard InChI is InChI=1S/C3H7N5O4/c4-3(5-8(11)12)7(6-10)1-2-9/h9H,1-2H2,(H2,4,5). The monoisotopic (exact) mass is 177 g/mol. The van der Waals surface area contributed by atoms with Crippen molar-refractivity contribution in [2.24, 2.45) is 16.1 Å². The van der Waals surface area contributed by atoms with Gasteiger partial charge in [0, 0.05) is 0 Å². The number of nitrogens with zero attached hydrogens (tertiary/aromatic N) is 4. The third-order valence-corrected chi connectivity index (χ3v) is 0.859. The van der Waals surface area contributed by atoms with E-state index in [9.17, 15) is 15.0 Å². The van der Waals surface area contributed by atoms with Crippen molar-refractivity contribution < 1.29 is 10.1 Å². The van der Waals surface area contributed by atoms with Crippen LogP contribution in [-0.2, 0) is 0 Å². The summed E-state index contributed by atoms with van der Waals surface area (Å²) in [6.45, 7) is -0.633. The Morgan fingerprint density at radius 3 is 2.67 bits per heavy atom. The van der Waals surface area contributed by atoms with E-state index in [0.717, 1.165) is 0 Å². The molecule has 0 atom stereocenters. The summed E-state index contributed by atoms with van der Waals surface area (Å²) in [5.41, 5.74) is 4.94. The van der Waals surface area contributed by atoms with Crippen molar-refractivity contribution in [1.82, 2.24) is 5.01 Å². The Balaban J connectivity index is 4.29. The first kappa shape index (κ1) is 10.2. The van der Waals surface area contributed by atoms with Crippen LogP contribution in [0.15, 0.2) is 10.4 Å². The van der Waals surface area contributed by atoms with Crippen molar-refractivity contribution in [1.29, 1.82) is 0 Å². The molecule has 0 aliphatic carbocycles. The summed E-state index contributed by atoms with van der Waals surface area (Å²) < 4.78 is 0. The summed E-state index contributed by atoms with van der Waals surface area (Å²) in [6.07, 6.45) is 0. The molecule has 0 saturated carbocycles. The normalized spacial score (nSPS) is 10.9. The van der Waals surface area contributed by atoms with Gasteiger partial charge in [-0.15, -0.1) is 4.91 Å². The van der Waals surface area contributed by atoms with Crippen molar-refractivity contribution >= 4 is 5.96 Å². The SMILES string of the molecule is N/C(=N\[N+](=O)[O-])N(CCO)N=O. The molecule has 0 aliphatic heterocycles. The zero-order valence-electron chi connectivity index (χ0n) is 5.95. The Labute approximate surface area is 66.5 Å². The van der Waals surface area contributed by atoms with Gasteiger partial charge in [0.25, 0.3) is 5.96 Å². The fraction of sp³-hybridized carbons (Fsp3) is 0.667. The average molecular weight is 177 g/mol. The average Bonchev–Trinajstić information content (AvgIpc) is 1.98. The van der Waals surface area contributed by atoms with Crippen LogP contribution in [0.4, 0.5) is 0 Å². The van der Waals surface area contributed by atoms with Gasteiger partial charge in [0.2, 0.25) is 0 Å². The molecule has 0 amide bonds. The van der Waals surface area contributed by atoms with Gasteiger partial charge in [-0.3, -0.25) is 0 Å². The van der Waals surface area contributed by atoms with E-state index < -0.39 is 17.6 Å². The van der Waals surface area contributed by atoms with Gasteiger partial charge in [-0.2, -0.15) is 5.01 Å². The first-order valence-electron chi connectivity index (χ1n) is 2.82. The second-order valence-corrected chi connectivity index (χ2v) is 1.62. The molecule has 0 fully saturated rings. The predicted molar refractivity (Wildman–Crippen MR) is 38.2 cm³/mol. The van der Waals surface area contributed by atoms with Crippen LogP contribution in [0.2, 0.25) is 0 Å². The Morgan fingerprint density at radius 1 is 1.75 bits per heavy atom. The summed E-state index contributed by atoms with van der Waals surface area (Å²) in [4.78, 5) is 19.6. The summed E-state index contributed by atoms with van der Waals surface area (Å²) in [6, 6.07) is 0. The van der Waals surface area contributed by atoms with E-state index >= 15 is 0 Å². The number of rotatable bonds is 4. The number of aliphatic hydroxyl groups is 1. The van der Waals surface area contributed by atoms with Crippen molar-refractivity contribution in [2.45, 2.75) is 0 Å². The maximum atomic E-state index is 9.90. The van der Waals surface area contributed by atoms with Crippen molar-refractivity contribution in [2.75, 3.05) is 13.2 Å². The first-order chi connectivity index (χ1) is 5.61. The number of guanidine groups is 1. The fourth-order valence-corrected chi connectivity index (χ4v) is 0.427. The van der Waals surface area contributed by atoms with E-state index in [-0.39, 0.29) is 6.54 Å². The van der Waals surface area contributed by atoms with Gasteiger partial charge in [0.05, 0.1) is 18.4 Å². The highest BCUT2D eigenvalue weighted by atomic mass is 16.7. The van der Waals surface area contributed by atoms with E-state index in [1.807, 2.05) is 0 Å². The molecule has 0 spiro atoms. The molecular formula is C3H7N5O4. The smallest absolute Gasteiger partial charge is 0.291 e. The molecule has 9 heteroatoms. The van der Waals surface area contributed by atoms with Crippen LogP contribution in [0, 0.1) is 15.0 Å². The van der Waals surface area contributed by atoms with Crippen molar-refractivity contribution in [3.05, 3.63) is 15.0 Å². The molecule has 0 aromatic heterocycles. The van der Waals surface area contributed by atoms with Gasteiger partial charge in [-0.25, -0.2) is 10.1 Å². The minimum absolute atomic E-state index is 0.229. The highest BCUT2D eigenvalue weighted by Crippen LogP contribution is 1.87. The van der Waals surface area contributed by atoms with Crippen LogP contribution in [0.5, 0.6) is 0 Å². The number of nitrogens with two attached hydrogens (primary N) is 1. The third-order valence-electron chi connectivity index (χ3n) is 0.859. The quantitative estimate of drug-likeness (QED) is 0.176.